The van der Waals surface area contributed by atoms with E-state index in [4.69, 9.17) is 37.1 Å². The molecule has 0 aliphatic rings. The number of nitriles is 1. The summed E-state index contributed by atoms with van der Waals surface area (Å²) >= 11 is 12.2. The predicted molar refractivity (Wildman–Crippen MR) is 107 cm³/mol. The Bertz CT molecular complexity index is 1050. The number of benzene rings is 2. The largest absolute Gasteiger partial charge is 0.493 e. The van der Waals surface area contributed by atoms with Gasteiger partial charge in [0.25, 0.3) is 0 Å². The summed E-state index contributed by atoms with van der Waals surface area (Å²) in [7, 11) is 3.11. The number of rotatable bonds is 5. The quantitative estimate of drug-likeness (QED) is 0.470. The molecular weight excluding hydrogens is 385 g/mol. The van der Waals surface area contributed by atoms with Gasteiger partial charge in [-0.05, 0) is 60.2 Å². The third kappa shape index (κ3) is 4.11. The highest BCUT2D eigenvalue weighted by atomic mass is 35.5. The Labute approximate surface area is 167 Å². The molecule has 1 heterocycles. The number of ether oxygens (including phenoxy) is 2. The van der Waals surface area contributed by atoms with Gasteiger partial charge in [-0.1, -0.05) is 23.2 Å². The van der Waals surface area contributed by atoms with E-state index in [1.807, 2.05) is 0 Å². The molecule has 0 N–H and O–H groups in total. The standard InChI is InChI=1S/C21H15Cl2NO3/c1-25-20-7-3-13(10-21(20)26-2)14(12-24)9-16-5-8-19(27-16)17-6-4-15(22)11-18(17)23/h3-11H,1-2H3. The van der Waals surface area contributed by atoms with Crippen LogP contribution in [0.15, 0.2) is 52.9 Å². The van der Waals surface area contributed by atoms with Crippen LogP contribution in [0.1, 0.15) is 11.3 Å². The lowest BCUT2D eigenvalue weighted by atomic mass is 10.1. The first-order valence-corrected chi connectivity index (χ1v) is 8.70. The molecule has 27 heavy (non-hydrogen) atoms. The van der Waals surface area contributed by atoms with Crippen LogP contribution < -0.4 is 9.47 Å². The molecule has 6 heteroatoms. The van der Waals surface area contributed by atoms with E-state index in [0.717, 1.165) is 5.56 Å². The van der Waals surface area contributed by atoms with Crippen molar-refractivity contribution in [3.63, 3.8) is 0 Å². The summed E-state index contributed by atoms with van der Waals surface area (Å²) in [6.07, 6.45) is 1.66. The monoisotopic (exact) mass is 399 g/mol. The summed E-state index contributed by atoms with van der Waals surface area (Å²) in [6.45, 7) is 0. The van der Waals surface area contributed by atoms with Gasteiger partial charge in [-0.15, -0.1) is 0 Å². The number of allylic oxidation sites excluding steroid dienone is 1. The zero-order valence-corrected chi connectivity index (χ0v) is 16.1. The maximum absolute atomic E-state index is 9.56. The minimum atomic E-state index is 0.430. The van der Waals surface area contributed by atoms with Crippen LogP contribution in [-0.2, 0) is 0 Å². The molecule has 2 aromatic carbocycles. The molecule has 0 radical (unpaired) electrons. The smallest absolute Gasteiger partial charge is 0.161 e. The normalized spacial score (nSPS) is 11.1. The van der Waals surface area contributed by atoms with Crippen LogP contribution in [0.25, 0.3) is 23.0 Å². The second-order valence-electron chi connectivity index (χ2n) is 5.57. The van der Waals surface area contributed by atoms with E-state index < -0.39 is 0 Å². The van der Waals surface area contributed by atoms with Crippen molar-refractivity contribution in [3.05, 3.63) is 69.9 Å². The molecule has 0 unspecified atom stereocenters. The van der Waals surface area contributed by atoms with Gasteiger partial charge < -0.3 is 13.9 Å². The third-order valence-corrected chi connectivity index (χ3v) is 4.47. The van der Waals surface area contributed by atoms with Crippen molar-refractivity contribution in [3.8, 4) is 28.9 Å². The number of methoxy groups -OCH3 is 2. The summed E-state index contributed by atoms with van der Waals surface area (Å²) in [4.78, 5) is 0. The number of furan rings is 1. The third-order valence-electron chi connectivity index (χ3n) is 3.92. The van der Waals surface area contributed by atoms with Gasteiger partial charge in [0.1, 0.15) is 11.5 Å². The molecule has 0 saturated carbocycles. The molecule has 0 saturated heterocycles. The van der Waals surface area contributed by atoms with Crippen molar-refractivity contribution < 1.29 is 13.9 Å². The number of hydrogen-bond donors (Lipinski definition) is 0. The van der Waals surface area contributed by atoms with Crippen molar-refractivity contribution in [2.45, 2.75) is 0 Å². The van der Waals surface area contributed by atoms with Crippen LogP contribution in [0.2, 0.25) is 10.0 Å². The van der Waals surface area contributed by atoms with E-state index in [9.17, 15) is 5.26 Å². The fourth-order valence-corrected chi connectivity index (χ4v) is 3.09. The molecule has 0 aliphatic carbocycles. The lowest BCUT2D eigenvalue weighted by molar-refractivity contribution is 0.355. The van der Waals surface area contributed by atoms with E-state index in [2.05, 4.69) is 6.07 Å². The SMILES string of the molecule is COc1ccc(C(C#N)=Cc2ccc(-c3ccc(Cl)cc3Cl)o2)cc1OC. The molecule has 136 valence electrons. The van der Waals surface area contributed by atoms with E-state index in [0.29, 0.717) is 44.2 Å². The summed E-state index contributed by atoms with van der Waals surface area (Å²) in [5, 5.41) is 10.6. The van der Waals surface area contributed by atoms with Crippen molar-refractivity contribution in [1.82, 2.24) is 0 Å². The molecule has 0 spiro atoms. The maximum Gasteiger partial charge on any atom is 0.161 e. The topological polar surface area (TPSA) is 55.4 Å². The fraction of sp³-hybridized carbons (Fsp3) is 0.0952. The maximum atomic E-state index is 9.56. The minimum Gasteiger partial charge on any atom is -0.493 e. The van der Waals surface area contributed by atoms with E-state index in [1.54, 1.807) is 68.8 Å². The summed E-state index contributed by atoms with van der Waals surface area (Å²) in [6, 6.07) is 16.2. The fourth-order valence-electron chi connectivity index (χ4n) is 2.59. The van der Waals surface area contributed by atoms with Gasteiger partial charge in [0.2, 0.25) is 0 Å². The molecule has 1 aromatic heterocycles. The Kier molecular flexibility index (Phi) is 5.75. The second-order valence-corrected chi connectivity index (χ2v) is 6.41. The number of halogens is 2. The first kappa shape index (κ1) is 18.9. The highest BCUT2D eigenvalue weighted by Gasteiger charge is 2.11. The molecule has 0 amide bonds. The zero-order chi connectivity index (χ0) is 19.4. The van der Waals surface area contributed by atoms with Gasteiger partial charge in [0, 0.05) is 10.6 Å². The Hall–Kier alpha value is -2.87. The first-order valence-electron chi connectivity index (χ1n) is 7.95. The average Bonchev–Trinajstić information content (AvgIpc) is 3.13. The van der Waals surface area contributed by atoms with Gasteiger partial charge in [-0.2, -0.15) is 5.26 Å². The first-order chi connectivity index (χ1) is 13.0. The Balaban J connectivity index is 1.96. The molecule has 0 aliphatic heterocycles. The average molecular weight is 400 g/mol. The van der Waals surface area contributed by atoms with Crippen LogP contribution in [0.5, 0.6) is 11.5 Å². The van der Waals surface area contributed by atoms with Gasteiger partial charge >= 0.3 is 0 Å². The summed E-state index contributed by atoms with van der Waals surface area (Å²) < 4.78 is 16.4. The van der Waals surface area contributed by atoms with Crippen LogP contribution >= 0.6 is 23.2 Å². The molecule has 0 atom stereocenters. The second kappa shape index (κ2) is 8.22. The summed E-state index contributed by atoms with van der Waals surface area (Å²) in [5.74, 6) is 2.26. The number of nitrogens with zero attached hydrogens (tertiary/aromatic N) is 1. The van der Waals surface area contributed by atoms with E-state index >= 15 is 0 Å². The van der Waals surface area contributed by atoms with Crippen LogP contribution in [0, 0.1) is 11.3 Å². The van der Waals surface area contributed by atoms with Crippen LogP contribution in [0.4, 0.5) is 0 Å². The van der Waals surface area contributed by atoms with Gasteiger partial charge in [0.15, 0.2) is 11.5 Å². The lowest BCUT2D eigenvalue weighted by Gasteiger charge is -2.08. The van der Waals surface area contributed by atoms with Crippen molar-refractivity contribution in [2.75, 3.05) is 14.2 Å². The molecule has 3 aromatic rings. The molecular formula is C21H15Cl2NO3. The van der Waals surface area contributed by atoms with Crippen LogP contribution in [-0.4, -0.2) is 14.2 Å². The molecule has 4 nitrogen and oxygen atoms in total. The van der Waals surface area contributed by atoms with Crippen molar-refractivity contribution >= 4 is 34.9 Å². The lowest BCUT2D eigenvalue weighted by Crippen LogP contribution is -1.92. The van der Waals surface area contributed by atoms with E-state index in [-0.39, 0.29) is 0 Å². The predicted octanol–water partition coefficient (Wildman–Crippen LogP) is 6.33. The zero-order valence-electron chi connectivity index (χ0n) is 14.6. The van der Waals surface area contributed by atoms with Crippen molar-refractivity contribution in [1.29, 1.82) is 5.26 Å². The molecule has 0 bridgehead atoms. The molecule has 0 fully saturated rings. The van der Waals surface area contributed by atoms with E-state index in [1.165, 1.54) is 0 Å². The van der Waals surface area contributed by atoms with Gasteiger partial charge in [-0.3, -0.25) is 0 Å². The Morgan fingerprint density at radius 1 is 1.00 bits per heavy atom. The highest BCUT2D eigenvalue weighted by molar-refractivity contribution is 6.36. The van der Waals surface area contributed by atoms with Crippen LogP contribution in [0.3, 0.4) is 0 Å². The molecule has 3 rings (SSSR count). The Morgan fingerprint density at radius 3 is 2.44 bits per heavy atom. The van der Waals surface area contributed by atoms with Gasteiger partial charge in [-0.25, -0.2) is 0 Å². The minimum absolute atomic E-state index is 0.430. The summed E-state index contributed by atoms with van der Waals surface area (Å²) in [5.41, 5.74) is 1.85. The Morgan fingerprint density at radius 2 is 1.78 bits per heavy atom. The number of hydrogen-bond acceptors (Lipinski definition) is 4. The van der Waals surface area contributed by atoms with Crippen molar-refractivity contribution in [2.24, 2.45) is 0 Å². The highest BCUT2D eigenvalue weighted by Crippen LogP contribution is 2.34. The van der Waals surface area contributed by atoms with Gasteiger partial charge in [0.05, 0.1) is 30.9 Å².